The molecule has 2 heterocycles. The third-order valence-corrected chi connectivity index (χ3v) is 4.54. The molecule has 7 heteroatoms. The van der Waals surface area contributed by atoms with Crippen molar-refractivity contribution < 1.29 is 14.4 Å². The number of hydrogen-bond acceptors (Lipinski definition) is 5. The number of carbonyl (C=O) groups excluding carboxylic acids is 3. The molecular weight excluding hydrogens is 356 g/mol. The van der Waals surface area contributed by atoms with Crippen LogP contribution >= 0.6 is 0 Å². The Hall–Kier alpha value is -3.87. The molecule has 3 amide bonds. The number of carbonyl (C=O) groups is 3. The minimum absolute atomic E-state index is 0.241. The first-order chi connectivity index (χ1) is 13.4. The number of hydrogen-bond donors (Lipinski definition) is 1. The van der Waals surface area contributed by atoms with Gasteiger partial charge in [0.05, 0.1) is 16.8 Å². The van der Waals surface area contributed by atoms with Gasteiger partial charge in [0, 0.05) is 30.1 Å². The highest BCUT2D eigenvalue weighted by Crippen LogP contribution is 2.24. The van der Waals surface area contributed by atoms with Gasteiger partial charge in [-0.15, -0.1) is 0 Å². The minimum atomic E-state index is -0.407. The Labute approximate surface area is 161 Å². The Balaban J connectivity index is 1.59. The SMILES string of the molecule is Cc1nccc(-c2cccc(NC(=O)c3ccc4c(c3)C(=O)N(C)C4=O)c2)n1. The molecule has 1 N–H and O–H groups in total. The van der Waals surface area contributed by atoms with E-state index in [0.29, 0.717) is 22.6 Å². The van der Waals surface area contributed by atoms with Crippen molar-refractivity contribution in [3.05, 3.63) is 77.2 Å². The molecule has 1 aromatic heterocycles. The van der Waals surface area contributed by atoms with Crippen molar-refractivity contribution >= 4 is 23.4 Å². The molecule has 0 radical (unpaired) electrons. The van der Waals surface area contributed by atoms with Gasteiger partial charge in [-0.3, -0.25) is 19.3 Å². The van der Waals surface area contributed by atoms with Gasteiger partial charge in [-0.2, -0.15) is 0 Å². The van der Waals surface area contributed by atoms with Crippen LogP contribution in [0, 0.1) is 6.92 Å². The molecule has 1 aliphatic heterocycles. The van der Waals surface area contributed by atoms with E-state index in [2.05, 4.69) is 15.3 Å². The number of benzene rings is 2. The summed E-state index contributed by atoms with van der Waals surface area (Å²) in [7, 11) is 1.42. The molecule has 0 atom stereocenters. The monoisotopic (exact) mass is 372 g/mol. The van der Waals surface area contributed by atoms with E-state index in [1.807, 2.05) is 25.1 Å². The van der Waals surface area contributed by atoms with E-state index in [9.17, 15) is 14.4 Å². The lowest BCUT2D eigenvalue weighted by Gasteiger charge is -2.08. The van der Waals surface area contributed by atoms with Crippen LogP contribution in [0.5, 0.6) is 0 Å². The Morgan fingerprint density at radius 3 is 2.57 bits per heavy atom. The summed E-state index contributed by atoms with van der Waals surface area (Å²) in [6.07, 6.45) is 1.68. The molecule has 0 unspecified atom stereocenters. The molecule has 0 spiro atoms. The van der Waals surface area contributed by atoms with Crippen molar-refractivity contribution in [3.63, 3.8) is 0 Å². The zero-order valence-electron chi connectivity index (χ0n) is 15.3. The highest BCUT2D eigenvalue weighted by molar-refractivity contribution is 6.22. The lowest BCUT2D eigenvalue weighted by atomic mass is 10.0. The zero-order chi connectivity index (χ0) is 19.8. The van der Waals surface area contributed by atoms with Crippen molar-refractivity contribution in [1.82, 2.24) is 14.9 Å². The first-order valence-electron chi connectivity index (χ1n) is 8.62. The summed E-state index contributed by atoms with van der Waals surface area (Å²) in [6, 6.07) is 13.6. The largest absolute Gasteiger partial charge is 0.322 e. The van der Waals surface area contributed by atoms with E-state index in [0.717, 1.165) is 16.2 Å². The maximum absolute atomic E-state index is 12.6. The fourth-order valence-corrected chi connectivity index (χ4v) is 3.08. The standard InChI is InChI=1S/C21H16N4O3/c1-12-22-9-8-18(23-12)13-4-3-5-15(10-13)24-19(26)14-6-7-16-17(11-14)21(28)25(2)20(16)27/h3-11H,1-2H3,(H,24,26). The number of fused-ring (bicyclic) bond motifs is 1. The normalized spacial score (nSPS) is 12.9. The average molecular weight is 372 g/mol. The van der Waals surface area contributed by atoms with E-state index >= 15 is 0 Å². The van der Waals surface area contributed by atoms with Crippen LogP contribution < -0.4 is 5.32 Å². The Bertz CT molecular complexity index is 1140. The predicted molar refractivity (Wildman–Crippen MR) is 103 cm³/mol. The van der Waals surface area contributed by atoms with Gasteiger partial charge in [-0.25, -0.2) is 9.97 Å². The molecule has 7 nitrogen and oxygen atoms in total. The second-order valence-corrected chi connectivity index (χ2v) is 6.45. The summed E-state index contributed by atoms with van der Waals surface area (Å²) in [5.41, 5.74) is 3.06. The fraction of sp³-hybridized carbons (Fsp3) is 0.0952. The Morgan fingerprint density at radius 1 is 1.00 bits per heavy atom. The second-order valence-electron chi connectivity index (χ2n) is 6.45. The molecule has 4 rings (SSSR count). The van der Waals surface area contributed by atoms with E-state index in [-0.39, 0.29) is 17.4 Å². The highest BCUT2D eigenvalue weighted by atomic mass is 16.2. The van der Waals surface area contributed by atoms with Crippen LogP contribution in [0.1, 0.15) is 36.9 Å². The summed E-state index contributed by atoms with van der Waals surface area (Å²) >= 11 is 0. The van der Waals surface area contributed by atoms with Crippen LogP contribution in [0.4, 0.5) is 5.69 Å². The first kappa shape index (κ1) is 17.5. The Morgan fingerprint density at radius 2 is 1.79 bits per heavy atom. The average Bonchev–Trinajstić information content (AvgIpc) is 2.92. The summed E-state index contributed by atoms with van der Waals surface area (Å²) in [5.74, 6) is -0.474. The van der Waals surface area contributed by atoms with Gasteiger partial charge in [0.15, 0.2) is 0 Å². The van der Waals surface area contributed by atoms with Gasteiger partial charge in [-0.1, -0.05) is 12.1 Å². The van der Waals surface area contributed by atoms with Crippen molar-refractivity contribution in [2.75, 3.05) is 12.4 Å². The number of aryl methyl sites for hydroxylation is 1. The van der Waals surface area contributed by atoms with Crippen molar-refractivity contribution in [1.29, 1.82) is 0 Å². The number of aromatic nitrogens is 2. The van der Waals surface area contributed by atoms with Gasteiger partial charge in [0.1, 0.15) is 5.82 Å². The van der Waals surface area contributed by atoms with E-state index < -0.39 is 5.91 Å². The van der Waals surface area contributed by atoms with Crippen LogP contribution in [0.15, 0.2) is 54.7 Å². The van der Waals surface area contributed by atoms with Gasteiger partial charge < -0.3 is 5.32 Å². The number of amides is 3. The van der Waals surface area contributed by atoms with Crippen LogP contribution in [0.2, 0.25) is 0 Å². The van der Waals surface area contributed by atoms with Crippen LogP contribution in [-0.2, 0) is 0 Å². The van der Waals surface area contributed by atoms with Gasteiger partial charge in [0.25, 0.3) is 17.7 Å². The molecule has 138 valence electrons. The number of anilines is 1. The van der Waals surface area contributed by atoms with Gasteiger partial charge in [-0.05, 0) is 43.3 Å². The summed E-state index contributed by atoms with van der Waals surface area (Å²) in [5, 5.41) is 2.82. The van der Waals surface area contributed by atoms with Crippen LogP contribution in [-0.4, -0.2) is 39.6 Å². The predicted octanol–water partition coefficient (Wildman–Crippen LogP) is 2.93. The Kier molecular flexibility index (Phi) is 4.19. The maximum Gasteiger partial charge on any atom is 0.261 e. The van der Waals surface area contributed by atoms with Crippen molar-refractivity contribution in [2.24, 2.45) is 0 Å². The molecular formula is C21H16N4O3. The topological polar surface area (TPSA) is 92.3 Å². The quantitative estimate of drug-likeness (QED) is 0.714. The van der Waals surface area contributed by atoms with Crippen molar-refractivity contribution in [3.8, 4) is 11.3 Å². The molecule has 28 heavy (non-hydrogen) atoms. The third-order valence-electron chi connectivity index (χ3n) is 4.54. The van der Waals surface area contributed by atoms with Crippen LogP contribution in [0.25, 0.3) is 11.3 Å². The molecule has 0 saturated heterocycles. The molecule has 0 saturated carbocycles. The number of nitrogens with zero attached hydrogens (tertiary/aromatic N) is 3. The van der Waals surface area contributed by atoms with Gasteiger partial charge >= 0.3 is 0 Å². The second kappa shape index (κ2) is 6.70. The number of rotatable bonds is 3. The third kappa shape index (κ3) is 3.03. The van der Waals surface area contributed by atoms with Gasteiger partial charge in [0.2, 0.25) is 0 Å². The summed E-state index contributed by atoms with van der Waals surface area (Å²) < 4.78 is 0. The molecule has 3 aromatic rings. The lowest BCUT2D eigenvalue weighted by Crippen LogP contribution is -2.24. The smallest absolute Gasteiger partial charge is 0.261 e. The number of nitrogens with one attached hydrogen (secondary N) is 1. The lowest BCUT2D eigenvalue weighted by molar-refractivity contribution is 0.0693. The molecule has 0 bridgehead atoms. The maximum atomic E-state index is 12.6. The van der Waals surface area contributed by atoms with E-state index in [1.165, 1.54) is 25.2 Å². The van der Waals surface area contributed by atoms with E-state index in [4.69, 9.17) is 0 Å². The minimum Gasteiger partial charge on any atom is -0.322 e. The highest BCUT2D eigenvalue weighted by Gasteiger charge is 2.33. The molecule has 2 aromatic carbocycles. The molecule has 0 aliphatic carbocycles. The first-order valence-corrected chi connectivity index (χ1v) is 8.62. The molecule has 0 fully saturated rings. The summed E-state index contributed by atoms with van der Waals surface area (Å²) in [4.78, 5) is 46.3. The van der Waals surface area contributed by atoms with Crippen molar-refractivity contribution in [2.45, 2.75) is 6.92 Å². The number of imide groups is 1. The zero-order valence-corrected chi connectivity index (χ0v) is 15.3. The fourth-order valence-electron chi connectivity index (χ4n) is 3.08. The van der Waals surface area contributed by atoms with E-state index in [1.54, 1.807) is 18.3 Å². The van der Waals surface area contributed by atoms with Crippen LogP contribution in [0.3, 0.4) is 0 Å². The summed E-state index contributed by atoms with van der Waals surface area (Å²) in [6.45, 7) is 1.81. The molecule has 1 aliphatic rings.